The molecule has 8 heteroatoms. The molecule has 1 aromatic heterocycles. The van der Waals surface area contributed by atoms with Gasteiger partial charge in [-0.25, -0.2) is 0 Å². The molecule has 0 aliphatic carbocycles. The van der Waals surface area contributed by atoms with Gasteiger partial charge in [-0.1, -0.05) is 23.9 Å². The zero-order chi connectivity index (χ0) is 18.6. The number of thioether (sulfide) groups is 1. The van der Waals surface area contributed by atoms with E-state index in [1.54, 1.807) is 44.4 Å². The van der Waals surface area contributed by atoms with E-state index in [4.69, 9.17) is 0 Å². The van der Waals surface area contributed by atoms with Crippen LogP contribution >= 0.6 is 11.8 Å². The number of carbonyl (C=O) groups excluding carboxylic acids is 1. The number of carboxylic acid groups (broad SMARTS) is 1. The van der Waals surface area contributed by atoms with Crippen molar-refractivity contribution >= 4 is 29.3 Å². The van der Waals surface area contributed by atoms with Crippen molar-refractivity contribution in [2.24, 2.45) is 0 Å². The Labute approximate surface area is 150 Å². The molecule has 1 heterocycles. The number of benzene rings is 1. The number of nitrogens with one attached hydrogen (secondary N) is 1. The van der Waals surface area contributed by atoms with Crippen molar-refractivity contribution in [2.45, 2.75) is 44.3 Å². The maximum absolute atomic E-state index is 12.1. The number of rotatable bonds is 7. The second kappa shape index (κ2) is 7.69. The summed E-state index contributed by atoms with van der Waals surface area (Å²) in [4.78, 5) is 23.4. The molecule has 0 unspecified atom stereocenters. The zero-order valence-corrected chi connectivity index (χ0v) is 15.5. The molecule has 1 aromatic carbocycles. The Morgan fingerprint density at radius 1 is 1.28 bits per heavy atom. The topological polar surface area (TPSA) is 97.1 Å². The summed E-state index contributed by atoms with van der Waals surface area (Å²) in [6, 6.07) is 7.07. The van der Waals surface area contributed by atoms with Crippen molar-refractivity contribution in [3.05, 3.63) is 36.2 Å². The van der Waals surface area contributed by atoms with E-state index in [0.29, 0.717) is 16.4 Å². The van der Waals surface area contributed by atoms with Crippen LogP contribution in [0.2, 0.25) is 0 Å². The summed E-state index contributed by atoms with van der Waals surface area (Å²) in [6.45, 7) is 7.33. The Kier molecular flexibility index (Phi) is 5.84. The first-order valence-electron chi connectivity index (χ1n) is 7.88. The van der Waals surface area contributed by atoms with E-state index in [1.807, 2.05) is 18.4 Å². The number of nitrogens with zero attached hydrogens (tertiary/aromatic N) is 3. The van der Waals surface area contributed by atoms with Crippen LogP contribution in [0.5, 0.6) is 0 Å². The molecule has 0 saturated heterocycles. The van der Waals surface area contributed by atoms with E-state index < -0.39 is 11.4 Å². The quantitative estimate of drug-likeness (QED) is 0.735. The summed E-state index contributed by atoms with van der Waals surface area (Å²) in [5.41, 5.74) is 0.331. The van der Waals surface area contributed by atoms with E-state index in [2.05, 4.69) is 15.5 Å². The van der Waals surface area contributed by atoms with Crippen LogP contribution in [0.25, 0.3) is 0 Å². The standard InChI is InChI=1S/C17H22N4O3S/c1-11(2)21-10-18-20-16(21)25-9-14(22)19-13-7-5-12(6-8-13)17(3,4)15(23)24/h5-8,10-11H,9H2,1-4H3,(H,19,22)(H,23,24). The Morgan fingerprint density at radius 2 is 1.92 bits per heavy atom. The van der Waals surface area contributed by atoms with Crippen molar-refractivity contribution in [1.29, 1.82) is 0 Å². The minimum atomic E-state index is -0.973. The third-order valence-corrected chi connectivity index (χ3v) is 4.81. The molecule has 25 heavy (non-hydrogen) atoms. The van der Waals surface area contributed by atoms with Gasteiger partial charge < -0.3 is 15.0 Å². The van der Waals surface area contributed by atoms with Crippen molar-refractivity contribution in [3.8, 4) is 0 Å². The van der Waals surface area contributed by atoms with Crippen LogP contribution in [0.1, 0.15) is 39.3 Å². The number of hydrogen-bond donors (Lipinski definition) is 2. The van der Waals surface area contributed by atoms with Crippen LogP contribution < -0.4 is 5.32 Å². The minimum Gasteiger partial charge on any atom is -0.481 e. The second-order valence-electron chi connectivity index (χ2n) is 6.46. The average Bonchev–Trinajstić information content (AvgIpc) is 3.02. The fraction of sp³-hybridized carbons (Fsp3) is 0.412. The van der Waals surface area contributed by atoms with E-state index in [-0.39, 0.29) is 17.7 Å². The molecule has 2 N–H and O–H groups in total. The fourth-order valence-electron chi connectivity index (χ4n) is 2.11. The predicted octanol–water partition coefficient (Wildman–Crippen LogP) is 2.95. The molecule has 0 aliphatic rings. The Balaban J connectivity index is 1.95. The largest absolute Gasteiger partial charge is 0.481 e. The molecule has 0 spiro atoms. The molecule has 2 rings (SSSR count). The molecule has 0 bridgehead atoms. The lowest BCUT2D eigenvalue weighted by Gasteiger charge is -2.19. The molecular weight excluding hydrogens is 340 g/mol. The summed E-state index contributed by atoms with van der Waals surface area (Å²) >= 11 is 1.32. The summed E-state index contributed by atoms with van der Waals surface area (Å²) in [7, 11) is 0. The van der Waals surface area contributed by atoms with E-state index in [9.17, 15) is 14.7 Å². The molecular formula is C17H22N4O3S. The highest BCUT2D eigenvalue weighted by Crippen LogP contribution is 2.25. The van der Waals surface area contributed by atoms with Gasteiger partial charge in [0.1, 0.15) is 6.33 Å². The van der Waals surface area contributed by atoms with Crippen LogP contribution in [-0.2, 0) is 15.0 Å². The maximum Gasteiger partial charge on any atom is 0.313 e. The highest BCUT2D eigenvalue weighted by atomic mass is 32.2. The number of carboxylic acids is 1. The van der Waals surface area contributed by atoms with Crippen molar-refractivity contribution in [3.63, 3.8) is 0 Å². The summed E-state index contributed by atoms with van der Waals surface area (Å²) in [5.74, 6) is -0.836. The molecule has 0 fully saturated rings. The highest BCUT2D eigenvalue weighted by molar-refractivity contribution is 7.99. The molecule has 0 saturated carbocycles. The average molecular weight is 362 g/mol. The molecule has 0 radical (unpaired) electrons. The van der Waals surface area contributed by atoms with Gasteiger partial charge in [0.05, 0.1) is 11.2 Å². The summed E-state index contributed by atoms with van der Waals surface area (Å²) in [5, 5.41) is 20.6. The Morgan fingerprint density at radius 3 is 2.48 bits per heavy atom. The molecule has 0 aliphatic heterocycles. The fourth-order valence-corrected chi connectivity index (χ4v) is 2.95. The lowest BCUT2D eigenvalue weighted by Crippen LogP contribution is -2.28. The number of hydrogen-bond acceptors (Lipinski definition) is 5. The van der Waals surface area contributed by atoms with Gasteiger partial charge in [-0.2, -0.15) is 0 Å². The summed E-state index contributed by atoms with van der Waals surface area (Å²) < 4.78 is 1.90. The number of amides is 1. The molecule has 2 aromatic rings. The van der Waals surface area contributed by atoms with Gasteiger partial charge in [0.15, 0.2) is 5.16 Å². The number of carbonyl (C=O) groups is 2. The van der Waals surface area contributed by atoms with Crippen LogP contribution in [0.4, 0.5) is 5.69 Å². The zero-order valence-electron chi connectivity index (χ0n) is 14.7. The lowest BCUT2D eigenvalue weighted by atomic mass is 9.85. The van der Waals surface area contributed by atoms with Gasteiger partial charge in [0, 0.05) is 11.7 Å². The third-order valence-electron chi connectivity index (χ3n) is 3.85. The molecule has 134 valence electrons. The van der Waals surface area contributed by atoms with Gasteiger partial charge in [-0.3, -0.25) is 9.59 Å². The Hall–Kier alpha value is -2.35. The summed E-state index contributed by atoms with van der Waals surface area (Å²) in [6.07, 6.45) is 1.65. The minimum absolute atomic E-state index is 0.159. The van der Waals surface area contributed by atoms with E-state index in [0.717, 1.165) is 0 Å². The third kappa shape index (κ3) is 4.60. The smallest absolute Gasteiger partial charge is 0.313 e. The SMILES string of the molecule is CC(C)n1cnnc1SCC(=O)Nc1ccc(C(C)(C)C(=O)O)cc1. The first-order valence-corrected chi connectivity index (χ1v) is 8.86. The molecule has 0 atom stereocenters. The van der Waals surface area contributed by atoms with Crippen molar-refractivity contribution in [1.82, 2.24) is 14.8 Å². The van der Waals surface area contributed by atoms with Gasteiger partial charge in [0.25, 0.3) is 0 Å². The van der Waals surface area contributed by atoms with Gasteiger partial charge in [0.2, 0.25) is 5.91 Å². The first-order chi connectivity index (χ1) is 11.7. The predicted molar refractivity (Wildman–Crippen MR) is 96.9 cm³/mol. The number of aromatic nitrogens is 3. The van der Waals surface area contributed by atoms with Crippen LogP contribution in [-0.4, -0.2) is 37.5 Å². The molecule has 1 amide bonds. The van der Waals surface area contributed by atoms with Gasteiger partial charge in [-0.15, -0.1) is 10.2 Å². The van der Waals surface area contributed by atoms with Crippen molar-refractivity contribution < 1.29 is 14.7 Å². The van der Waals surface area contributed by atoms with Gasteiger partial charge in [-0.05, 0) is 45.4 Å². The number of aliphatic carboxylic acids is 1. The van der Waals surface area contributed by atoms with Crippen molar-refractivity contribution in [2.75, 3.05) is 11.1 Å². The maximum atomic E-state index is 12.1. The highest BCUT2D eigenvalue weighted by Gasteiger charge is 2.29. The van der Waals surface area contributed by atoms with E-state index in [1.165, 1.54) is 11.8 Å². The lowest BCUT2D eigenvalue weighted by molar-refractivity contribution is -0.142. The van der Waals surface area contributed by atoms with Crippen LogP contribution in [0, 0.1) is 0 Å². The van der Waals surface area contributed by atoms with Gasteiger partial charge >= 0.3 is 5.97 Å². The monoisotopic (exact) mass is 362 g/mol. The first kappa shape index (κ1) is 19.0. The Bertz CT molecular complexity index is 754. The normalized spacial score (nSPS) is 11.6. The van der Waals surface area contributed by atoms with Crippen LogP contribution in [0.15, 0.2) is 35.7 Å². The van der Waals surface area contributed by atoms with Crippen LogP contribution in [0.3, 0.4) is 0 Å². The van der Waals surface area contributed by atoms with E-state index >= 15 is 0 Å². The number of anilines is 1. The molecule has 7 nitrogen and oxygen atoms in total. The second-order valence-corrected chi connectivity index (χ2v) is 7.40.